The van der Waals surface area contributed by atoms with E-state index in [1.165, 1.54) is 12.1 Å². The molecule has 0 saturated carbocycles. The molecule has 0 radical (unpaired) electrons. The van der Waals surface area contributed by atoms with Crippen molar-refractivity contribution in [3.05, 3.63) is 71.0 Å². The summed E-state index contributed by atoms with van der Waals surface area (Å²) in [6, 6.07) is 14.8. The highest BCUT2D eigenvalue weighted by Crippen LogP contribution is 2.16. The van der Waals surface area contributed by atoms with Crippen molar-refractivity contribution in [1.29, 1.82) is 5.26 Å². The smallest absolute Gasteiger partial charge is 0.223 e. The molecule has 112 valence electrons. The number of benzene rings is 2. The molecule has 0 aliphatic heterocycles. The lowest BCUT2D eigenvalue weighted by molar-refractivity contribution is -0.123. The van der Waals surface area contributed by atoms with Crippen LogP contribution in [-0.4, -0.2) is 11.0 Å². The average molecular weight is 298 g/mol. The molecule has 1 unspecified atom stereocenters. The van der Waals surface area contributed by atoms with Crippen LogP contribution in [0.1, 0.15) is 29.2 Å². The molecular formula is C17H15FN2O2. The molecule has 2 rings (SSSR count). The van der Waals surface area contributed by atoms with E-state index in [-0.39, 0.29) is 24.4 Å². The number of nitrogens with zero attached hydrogens (tertiary/aromatic N) is 1. The molecule has 5 heteroatoms. The maximum Gasteiger partial charge on any atom is 0.223 e. The van der Waals surface area contributed by atoms with Crippen molar-refractivity contribution in [3.63, 3.8) is 0 Å². The van der Waals surface area contributed by atoms with Gasteiger partial charge >= 0.3 is 0 Å². The first kappa shape index (κ1) is 15.7. The lowest BCUT2D eigenvalue weighted by Gasteiger charge is -2.11. The van der Waals surface area contributed by atoms with E-state index >= 15 is 0 Å². The van der Waals surface area contributed by atoms with Gasteiger partial charge in [0.1, 0.15) is 5.82 Å². The zero-order chi connectivity index (χ0) is 15.9. The normalized spacial score (nSPS) is 11.5. The van der Waals surface area contributed by atoms with Gasteiger partial charge in [0.25, 0.3) is 0 Å². The van der Waals surface area contributed by atoms with Gasteiger partial charge in [-0.15, -0.1) is 0 Å². The molecule has 22 heavy (non-hydrogen) atoms. The molecule has 1 atom stereocenters. The van der Waals surface area contributed by atoms with Crippen molar-refractivity contribution in [2.24, 2.45) is 0 Å². The maximum absolute atomic E-state index is 13.7. The lowest BCUT2D eigenvalue weighted by atomic mass is 10.1. The third-order valence-corrected chi connectivity index (χ3v) is 3.22. The second kappa shape index (κ2) is 7.34. The van der Waals surface area contributed by atoms with E-state index in [0.717, 1.165) is 6.07 Å². The van der Waals surface area contributed by atoms with Crippen molar-refractivity contribution < 1.29 is 14.3 Å². The van der Waals surface area contributed by atoms with E-state index in [4.69, 9.17) is 5.26 Å². The van der Waals surface area contributed by atoms with Crippen LogP contribution in [0.25, 0.3) is 0 Å². The van der Waals surface area contributed by atoms with Crippen molar-refractivity contribution in [3.8, 4) is 6.07 Å². The minimum absolute atomic E-state index is 0.0118. The highest BCUT2D eigenvalue weighted by Gasteiger charge is 2.13. The summed E-state index contributed by atoms with van der Waals surface area (Å²) in [6.45, 7) is 0.0118. The SMILES string of the molecule is N#Cc1ccc(CNC(=O)CC(O)c2ccccc2)c(F)c1. The van der Waals surface area contributed by atoms with Crippen LogP contribution in [-0.2, 0) is 11.3 Å². The largest absolute Gasteiger partial charge is 0.388 e. The van der Waals surface area contributed by atoms with Gasteiger partial charge in [-0.3, -0.25) is 4.79 Å². The monoisotopic (exact) mass is 298 g/mol. The zero-order valence-electron chi connectivity index (χ0n) is 11.8. The standard InChI is InChI=1S/C17H15FN2O2/c18-15-8-12(10-19)6-7-14(15)11-20-17(22)9-16(21)13-4-2-1-3-5-13/h1-8,16,21H,9,11H2,(H,20,22). The molecule has 0 spiro atoms. The third-order valence-electron chi connectivity index (χ3n) is 3.22. The predicted octanol–water partition coefficient (Wildman–Crippen LogP) is 2.44. The van der Waals surface area contributed by atoms with Gasteiger partial charge in [-0.05, 0) is 17.7 Å². The number of amides is 1. The van der Waals surface area contributed by atoms with E-state index in [0.29, 0.717) is 11.1 Å². The fourth-order valence-electron chi connectivity index (χ4n) is 1.99. The lowest BCUT2D eigenvalue weighted by Crippen LogP contribution is -2.25. The van der Waals surface area contributed by atoms with Crippen LogP contribution < -0.4 is 5.32 Å². The number of aliphatic hydroxyl groups excluding tert-OH is 1. The molecular weight excluding hydrogens is 283 g/mol. The summed E-state index contributed by atoms with van der Waals surface area (Å²) in [5, 5.41) is 21.2. The van der Waals surface area contributed by atoms with Gasteiger partial charge in [0.05, 0.1) is 24.2 Å². The van der Waals surface area contributed by atoms with E-state index in [2.05, 4.69) is 5.32 Å². The van der Waals surface area contributed by atoms with Crippen molar-refractivity contribution in [1.82, 2.24) is 5.32 Å². The van der Waals surface area contributed by atoms with Gasteiger partial charge < -0.3 is 10.4 Å². The van der Waals surface area contributed by atoms with E-state index in [9.17, 15) is 14.3 Å². The number of carbonyl (C=O) groups excluding carboxylic acids is 1. The van der Waals surface area contributed by atoms with Crippen LogP contribution in [0.5, 0.6) is 0 Å². The number of nitrogens with one attached hydrogen (secondary N) is 1. The molecule has 1 amide bonds. The Bertz CT molecular complexity index is 696. The first-order chi connectivity index (χ1) is 10.6. The van der Waals surface area contributed by atoms with Crippen LogP contribution in [0, 0.1) is 17.1 Å². The fraction of sp³-hybridized carbons (Fsp3) is 0.176. The summed E-state index contributed by atoms with van der Waals surface area (Å²) in [5.41, 5.74) is 1.18. The van der Waals surface area contributed by atoms with E-state index in [1.54, 1.807) is 24.3 Å². The van der Waals surface area contributed by atoms with Crippen LogP contribution in [0.2, 0.25) is 0 Å². The Morgan fingerprint density at radius 2 is 2.00 bits per heavy atom. The summed E-state index contributed by atoms with van der Waals surface area (Å²) >= 11 is 0. The number of carbonyl (C=O) groups is 1. The van der Waals surface area contributed by atoms with E-state index < -0.39 is 11.9 Å². The van der Waals surface area contributed by atoms with E-state index in [1.807, 2.05) is 12.1 Å². The Morgan fingerprint density at radius 1 is 1.27 bits per heavy atom. The Hall–Kier alpha value is -2.71. The topological polar surface area (TPSA) is 73.1 Å². The summed E-state index contributed by atoms with van der Waals surface area (Å²) in [4.78, 5) is 11.8. The summed E-state index contributed by atoms with van der Waals surface area (Å²) in [6.07, 6.45) is -0.992. The number of hydrogen-bond donors (Lipinski definition) is 2. The number of aliphatic hydroxyl groups is 1. The third kappa shape index (κ3) is 4.14. The van der Waals surface area contributed by atoms with Crippen LogP contribution in [0.3, 0.4) is 0 Å². The molecule has 2 aromatic rings. The molecule has 4 nitrogen and oxygen atoms in total. The first-order valence-corrected chi connectivity index (χ1v) is 6.78. The number of rotatable bonds is 5. The van der Waals surface area contributed by atoms with Gasteiger partial charge in [0.2, 0.25) is 5.91 Å². The van der Waals surface area contributed by atoms with Gasteiger partial charge in [-0.25, -0.2) is 4.39 Å². The summed E-state index contributed by atoms with van der Waals surface area (Å²) in [7, 11) is 0. The minimum atomic E-state index is -0.896. The Balaban J connectivity index is 1.89. The van der Waals surface area contributed by atoms with Crippen LogP contribution >= 0.6 is 0 Å². The van der Waals surface area contributed by atoms with Gasteiger partial charge in [-0.1, -0.05) is 36.4 Å². The zero-order valence-corrected chi connectivity index (χ0v) is 11.8. The van der Waals surface area contributed by atoms with Crippen molar-refractivity contribution >= 4 is 5.91 Å². The summed E-state index contributed by atoms with van der Waals surface area (Å²) in [5.74, 6) is -0.914. The van der Waals surface area contributed by atoms with Crippen molar-refractivity contribution in [2.45, 2.75) is 19.1 Å². The molecule has 2 N–H and O–H groups in total. The predicted molar refractivity (Wildman–Crippen MR) is 79.0 cm³/mol. The second-order valence-electron chi connectivity index (χ2n) is 4.83. The molecule has 0 fully saturated rings. The Morgan fingerprint density at radius 3 is 2.64 bits per heavy atom. The highest BCUT2D eigenvalue weighted by atomic mass is 19.1. The summed E-state index contributed by atoms with van der Waals surface area (Å²) < 4.78 is 13.7. The number of halogens is 1. The molecule has 0 aliphatic rings. The fourth-order valence-corrected chi connectivity index (χ4v) is 1.99. The Labute approximate surface area is 127 Å². The molecule has 0 aliphatic carbocycles. The van der Waals surface area contributed by atoms with Gasteiger partial charge in [0, 0.05) is 12.1 Å². The Kier molecular flexibility index (Phi) is 5.23. The molecule has 0 heterocycles. The number of nitriles is 1. The number of hydrogen-bond acceptors (Lipinski definition) is 3. The molecule has 2 aromatic carbocycles. The van der Waals surface area contributed by atoms with Gasteiger partial charge in [-0.2, -0.15) is 5.26 Å². The first-order valence-electron chi connectivity index (χ1n) is 6.78. The average Bonchev–Trinajstić information content (AvgIpc) is 2.54. The second-order valence-corrected chi connectivity index (χ2v) is 4.83. The highest BCUT2D eigenvalue weighted by molar-refractivity contribution is 5.76. The maximum atomic E-state index is 13.7. The van der Waals surface area contributed by atoms with Gasteiger partial charge in [0.15, 0.2) is 0 Å². The van der Waals surface area contributed by atoms with Crippen LogP contribution in [0.15, 0.2) is 48.5 Å². The molecule has 0 aromatic heterocycles. The minimum Gasteiger partial charge on any atom is -0.388 e. The van der Waals surface area contributed by atoms with Crippen molar-refractivity contribution in [2.75, 3.05) is 0 Å². The molecule has 0 bridgehead atoms. The van der Waals surface area contributed by atoms with Crippen LogP contribution in [0.4, 0.5) is 4.39 Å². The quantitative estimate of drug-likeness (QED) is 0.890. The molecule has 0 saturated heterocycles.